The first-order valence-corrected chi connectivity index (χ1v) is 14.3. The summed E-state index contributed by atoms with van der Waals surface area (Å²) in [5, 5.41) is 20.2. The number of amides is 2. The molecule has 2 amide bonds. The van der Waals surface area contributed by atoms with Gasteiger partial charge in [0.05, 0.1) is 36.7 Å². The van der Waals surface area contributed by atoms with E-state index in [9.17, 15) is 31.5 Å². The van der Waals surface area contributed by atoms with E-state index in [0.29, 0.717) is 11.3 Å². The molecule has 1 saturated carbocycles. The molecule has 0 spiro atoms. The highest BCUT2D eigenvalue weighted by Gasteiger charge is 2.56. The summed E-state index contributed by atoms with van der Waals surface area (Å²) in [7, 11) is 1.28. The molecule has 1 saturated heterocycles. The van der Waals surface area contributed by atoms with E-state index in [-0.39, 0.29) is 67.5 Å². The quantitative estimate of drug-likeness (QED) is 0.254. The topological polar surface area (TPSA) is 175 Å². The summed E-state index contributed by atoms with van der Waals surface area (Å²) in [5.41, 5.74) is -0.463. The van der Waals surface area contributed by atoms with Crippen LogP contribution in [0.25, 0.3) is 5.65 Å². The first-order chi connectivity index (χ1) is 21.7. The molecule has 2 N–H and O–H groups in total. The summed E-state index contributed by atoms with van der Waals surface area (Å²) in [6.07, 6.45) is -3.51. The highest BCUT2D eigenvalue weighted by Crippen LogP contribution is 2.43. The Bertz CT molecular complexity index is 1740. The van der Waals surface area contributed by atoms with E-state index in [2.05, 4.69) is 40.5 Å². The summed E-state index contributed by atoms with van der Waals surface area (Å²) in [5.74, 6) is -4.69. The maximum absolute atomic E-state index is 14.0. The SMILES string of the molecule is COc1nc(C[C@]2(Cc3cnn4cc([C@@H](NC(=O)c5nonc5C)C5CCC(F)(F)CC5)nc4c3)C[C@@H](C(F)(F)F)NC2=O)no1. The number of nitrogens with zero attached hydrogens (tertiary/aromatic N) is 7. The minimum absolute atomic E-state index is 0.0128. The molecule has 0 bridgehead atoms. The van der Waals surface area contributed by atoms with Gasteiger partial charge in [0.15, 0.2) is 17.2 Å². The van der Waals surface area contributed by atoms with Crippen molar-refractivity contribution in [2.75, 3.05) is 7.11 Å². The average Bonchev–Trinajstić information content (AvgIpc) is 3.78. The van der Waals surface area contributed by atoms with E-state index < -0.39 is 53.8 Å². The number of ether oxygens (including phenoxy) is 1. The second-order valence-corrected chi connectivity index (χ2v) is 11.8. The molecular formula is C27H28F5N9O5. The molecule has 19 heteroatoms. The Hall–Kier alpha value is -4.71. The van der Waals surface area contributed by atoms with Gasteiger partial charge in [-0.2, -0.15) is 23.3 Å². The number of alkyl halides is 5. The van der Waals surface area contributed by atoms with Crippen molar-refractivity contribution < 1.29 is 45.4 Å². The van der Waals surface area contributed by atoms with Gasteiger partial charge in [0, 0.05) is 19.3 Å². The molecule has 4 aromatic heterocycles. The van der Waals surface area contributed by atoms with Gasteiger partial charge in [-0.1, -0.05) is 10.3 Å². The Morgan fingerprint density at radius 1 is 1.20 bits per heavy atom. The highest BCUT2D eigenvalue weighted by atomic mass is 19.4. The Morgan fingerprint density at radius 2 is 1.96 bits per heavy atom. The second-order valence-electron chi connectivity index (χ2n) is 11.8. The number of hydrogen-bond acceptors (Lipinski definition) is 11. The summed E-state index contributed by atoms with van der Waals surface area (Å²) in [4.78, 5) is 34.8. The van der Waals surface area contributed by atoms with E-state index in [4.69, 9.17) is 9.26 Å². The Morgan fingerprint density at radius 3 is 2.59 bits per heavy atom. The number of methoxy groups -OCH3 is 1. The predicted octanol–water partition coefficient (Wildman–Crippen LogP) is 3.33. The third-order valence-electron chi connectivity index (χ3n) is 8.54. The number of nitrogens with one attached hydrogen (secondary N) is 2. The molecule has 2 fully saturated rings. The zero-order chi connectivity index (χ0) is 32.9. The van der Waals surface area contributed by atoms with Crippen LogP contribution in [0, 0.1) is 18.3 Å². The molecule has 0 unspecified atom stereocenters. The van der Waals surface area contributed by atoms with Gasteiger partial charge < -0.3 is 15.4 Å². The summed E-state index contributed by atoms with van der Waals surface area (Å²) in [6, 6.07) is -1.33. The Kier molecular flexibility index (Phi) is 7.87. The monoisotopic (exact) mass is 653 g/mol. The van der Waals surface area contributed by atoms with Gasteiger partial charge in [-0.05, 0) is 55.3 Å². The van der Waals surface area contributed by atoms with E-state index in [1.165, 1.54) is 30.9 Å². The van der Waals surface area contributed by atoms with Crippen LogP contribution in [-0.2, 0) is 17.6 Å². The molecular weight excluding hydrogens is 625 g/mol. The number of carbonyl (C=O) groups is 2. The van der Waals surface area contributed by atoms with Gasteiger partial charge >= 0.3 is 12.3 Å². The lowest BCUT2D eigenvalue weighted by atomic mass is 9.76. The number of hydrogen-bond donors (Lipinski definition) is 2. The molecule has 6 rings (SSSR count). The highest BCUT2D eigenvalue weighted by molar-refractivity contribution is 5.93. The van der Waals surface area contributed by atoms with Crippen molar-refractivity contribution in [2.45, 2.75) is 76.1 Å². The van der Waals surface area contributed by atoms with Gasteiger partial charge in [-0.15, -0.1) is 0 Å². The molecule has 0 radical (unpaired) electrons. The number of aromatic nitrogens is 7. The van der Waals surface area contributed by atoms with Crippen molar-refractivity contribution in [1.82, 2.24) is 45.7 Å². The molecule has 5 heterocycles. The van der Waals surface area contributed by atoms with Crippen molar-refractivity contribution in [1.29, 1.82) is 0 Å². The second kappa shape index (κ2) is 11.6. The molecule has 3 atom stereocenters. The fourth-order valence-electron chi connectivity index (χ4n) is 6.15. The van der Waals surface area contributed by atoms with Gasteiger partial charge in [0.1, 0.15) is 11.7 Å². The van der Waals surface area contributed by atoms with Crippen LogP contribution in [0.4, 0.5) is 22.0 Å². The molecule has 4 aromatic rings. The number of rotatable bonds is 9. The third-order valence-corrected chi connectivity index (χ3v) is 8.54. The number of carbonyl (C=O) groups excluding carboxylic acids is 2. The summed E-state index contributed by atoms with van der Waals surface area (Å²) < 4.78 is 84.9. The molecule has 2 aliphatic rings. The number of halogens is 5. The van der Waals surface area contributed by atoms with E-state index in [0.717, 1.165) is 0 Å². The van der Waals surface area contributed by atoms with Crippen molar-refractivity contribution in [3.05, 3.63) is 46.9 Å². The normalized spacial score (nSPS) is 22.6. The van der Waals surface area contributed by atoms with E-state index >= 15 is 0 Å². The van der Waals surface area contributed by atoms with Crippen LogP contribution >= 0.6 is 0 Å². The fraction of sp³-hybridized carbons (Fsp3) is 0.556. The van der Waals surface area contributed by atoms with Gasteiger partial charge in [0.2, 0.25) is 11.8 Å². The van der Waals surface area contributed by atoms with Gasteiger partial charge in [-0.25, -0.2) is 22.9 Å². The summed E-state index contributed by atoms with van der Waals surface area (Å²) >= 11 is 0. The fourth-order valence-corrected chi connectivity index (χ4v) is 6.15. The largest absolute Gasteiger partial charge is 0.452 e. The van der Waals surface area contributed by atoms with Crippen LogP contribution in [0.5, 0.6) is 6.08 Å². The standard InChI is InChI=1S/C27H28F5N9O5/c1-13-20(40-46-38-13)22(42)37-21(15-3-5-26(28,29)6-4-15)16-12-41-19(34-16)7-14(11-33-41)8-25(10-18-36-24(44-2)45-39-18)9-17(27(30,31)32)35-23(25)43/h7,11-12,15,17,21H,3-6,8-10H2,1-2H3,(H,35,43)(H,37,42)/t17-,21-,25-/m0/s1. The minimum atomic E-state index is -4.68. The molecule has 14 nitrogen and oxygen atoms in total. The number of imidazole rings is 1. The van der Waals surface area contributed by atoms with Crippen LogP contribution in [0.1, 0.15) is 71.4 Å². The molecule has 1 aliphatic carbocycles. The average molecular weight is 654 g/mol. The zero-order valence-corrected chi connectivity index (χ0v) is 24.5. The van der Waals surface area contributed by atoms with E-state index in [1.807, 2.05) is 5.32 Å². The van der Waals surface area contributed by atoms with Crippen LogP contribution in [0.2, 0.25) is 0 Å². The first kappa shape index (κ1) is 31.3. The maximum atomic E-state index is 14.0. The molecule has 46 heavy (non-hydrogen) atoms. The van der Waals surface area contributed by atoms with Crippen LogP contribution in [0.15, 0.2) is 27.6 Å². The Balaban J connectivity index is 1.31. The minimum Gasteiger partial charge on any atom is -0.452 e. The molecule has 0 aromatic carbocycles. The van der Waals surface area contributed by atoms with Crippen molar-refractivity contribution >= 4 is 17.5 Å². The lowest BCUT2D eigenvalue weighted by molar-refractivity contribution is -0.155. The number of aryl methyl sites for hydroxylation is 1. The number of fused-ring (bicyclic) bond motifs is 1. The van der Waals surface area contributed by atoms with Gasteiger partial charge in [0.25, 0.3) is 5.91 Å². The van der Waals surface area contributed by atoms with Gasteiger partial charge in [-0.3, -0.25) is 14.1 Å². The van der Waals surface area contributed by atoms with Crippen LogP contribution in [-0.4, -0.2) is 72.1 Å². The predicted molar refractivity (Wildman–Crippen MR) is 142 cm³/mol. The van der Waals surface area contributed by atoms with Crippen LogP contribution in [0.3, 0.4) is 0 Å². The first-order valence-electron chi connectivity index (χ1n) is 14.3. The van der Waals surface area contributed by atoms with Crippen molar-refractivity contribution in [3.63, 3.8) is 0 Å². The van der Waals surface area contributed by atoms with Crippen molar-refractivity contribution in [2.24, 2.45) is 11.3 Å². The van der Waals surface area contributed by atoms with Crippen molar-refractivity contribution in [3.8, 4) is 6.08 Å². The van der Waals surface area contributed by atoms with E-state index in [1.54, 1.807) is 6.07 Å². The zero-order valence-electron chi connectivity index (χ0n) is 24.5. The molecule has 1 aliphatic heterocycles. The van der Waals surface area contributed by atoms with Crippen LogP contribution < -0.4 is 15.4 Å². The summed E-state index contributed by atoms with van der Waals surface area (Å²) in [6.45, 7) is 1.53. The maximum Gasteiger partial charge on any atom is 0.417 e. The molecule has 246 valence electrons. The lowest BCUT2D eigenvalue weighted by Gasteiger charge is -2.33. The Labute approximate surface area is 256 Å². The lowest BCUT2D eigenvalue weighted by Crippen LogP contribution is -2.39. The smallest absolute Gasteiger partial charge is 0.417 e. The third kappa shape index (κ3) is 6.21.